The zero-order valence-corrected chi connectivity index (χ0v) is 8.80. The van der Waals surface area contributed by atoms with Gasteiger partial charge in [-0.2, -0.15) is 0 Å². The Labute approximate surface area is 93.0 Å². The average molecular weight is 222 g/mol. The van der Waals surface area contributed by atoms with Crippen molar-refractivity contribution in [1.82, 2.24) is 0 Å². The van der Waals surface area contributed by atoms with Crippen molar-refractivity contribution < 1.29 is 19.8 Å². The summed E-state index contributed by atoms with van der Waals surface area (Å²) in [6.45, 7) is 0. The zero-order valence-electron chi connectivity index (χ0n) is 8.80. The molecule has 2 saturated carbocycles. The van der Waals surface area contributed by atoms with Crippen LogP contribution in [0.5, 0.6) is 0 Å². The second-order valence-corrected chi connectivity index (χ2v) is 5.27. The standard InChI is InChI=1S/C12H14O4/c13-11(14)6-3-7-5-1-9(8(7)4-6)10(2-5)12(15)16/h2,5-9H,1,3-4H2,(H,13,14)(H,15,16)/t5-,6-,7+,8+,9+/m1/s1. The summed E-state index contributed by atoms with van der Waals surface area (Å²) in [4.78, 5) is 22.0. The summed E-state index contributed by atoms with van der Waals surface area (Å²) in [7, 11) is 0. The predicted molar refractivity (Wildman–Crippen MR) is 54.7 cm³/mol. The minimum atomic E-state index is -0.815. The average Bonchev–Trinajstić information content (AvgIpc) is 2.87. The van der Waals surface area contributed by atoms with Crippen molar-refractivity contribution in [3.63, 3.8) is 0 Å². The van der Waals surface area contributed by atoms with E-state index in [0.29, 0.717) is 29.7 Å². The molecule has 3 aliphatic carbocycles. The van der Waals surface area contributed by atoms with Gasteiger partial charge >= 0.3 is 11.9 Å². The van der Waals surface area contributed by atoms with Crippen molar-refractivity contribution in [2.24, 2.45) is 29.6 Å². The molecule has 16 heavy (non-hydrogen) atoms. The van der Waals surface area contributed by atoms with E-state index in [0.717, 1.165) is 12.8 Å². The summed E-state index contributed by atoms with van der Waals surface area (Å²) in [6.07, 6.45) is 4.22. The first kappa shape index (κ1) is 9.87. The molecule has 0 aromatic rings. The van der Waals surface area contributed by atoms with Gasteiger partial charge in [-0.15, -0.1) is 0 Å². The van der Waals surface area contributed by atoms with Gasteiger partial charge in [0.25, 0.3) is 0 Å². The van der Waals surface area contributed by atoms with Gasteiger partial charge in [0.05, 0.1) is 5.92 Å². The van der Waals surface area contributed by atoms with Crippen LogP contribution in [0.25, 0.3) is 0 Å². The molecule has 2 bridgehead atoms. The van der Waals surface area contributed by atoms with Crippen LogP contribution in [0.15, 0.2) is 11.6 Å². The van der Waals surface area contributed by atoms with Crippen LogP contribution in [0.2, 0.25) is 0 Å². The Hall–Kier alpha value is -1.32. The van der Waals surface area contributed by atoms with Crippen LogP contribution >= 0.6 is 0 Å². The van der Waals surface area contributed by atoms with E-state index in [1.807, 2.05) is 6.08 Å². The lowest BCUT2D eigenvalue weighted by atomic mass is 9.82. The van der Waals surface area contributed by atoms with Crippen LogP contribution in [0.3, 0.4) is 0 Å². The van der Waals surface area contributed by atoms with Crippen LogP contribution in [-0.4, -0.2) is 22.2 Å². The third-order valence-electron chi connectivity index (χ3n) is 4.65. The smallest absolute Gasteiger partial charge is 0.331 e. The first-order chi connectivity index (χ1) is 7.58. The summed E-state index contributed by atoms with van der Waals surface area (Å²) in [5, 5.41) is 18.0. The molecule has 5 atom stereocenters. The molecule has 4 heteroatoms. The van der Waals surface area contributed by atoms with Crippen molar-refractivity contribution in [3.8, 4) is 0 Å². The van der Waals surface area contributed by atoms with E-state index in [1.54, 1.807) is 0 Å². The Morgan fingerprint density at radius 2 is 1.81 bits per heavy atom. The second-order valence-electron chi connectivity index (χ2n) is 5.27. The molecule has 0 spiro atoms. The molecule has 86 valence electrons. The quantitative estimate of drug-likeness (QED) is 0.740. The number of hydrogen-bond donors (Lipinski definition) is 2. The first-order valence-corrected chi connectivity index (χ1v) is 5.75. The SMILES string of the molecule is O=C(O)C1=C[C@H]2C[C@H]1[C@H]1C[C@H](C(=O)O)C[C@H]12. The van der Waals surface area contributed by atoms with Crippen LogP contribution in [0, 0.1) is 29.6 Å². The Morgan fingerprint density at radius 1 is 1.12 bits per heavy atom. The molecule has 3 rings (SSSR count). The van der Waals surface area contributed by atoms with E-state index in [1.165, 1.54) is 0 Å². The first-order valence-electron chi connectivity index (χ1n) is 5.75. The van der Waals surface area contributed by atoms with Gasteiger partial charge in [-0.3, -0.25) is 4.79 Å². The monoisotopic (exact) mass is 222 g/mol. The Kier molecular flexibility index (Phi) is 1.91. The third kappa shape index (κ3) is 1.16. The highest BCUT2D eigenvalue weighted by molar-refractivity contribution is 5.88. The minimum Gasteiger partial charge on any atom is -0.481 e. The minimum absolute atomic E-state index is 0.122. The predicted octanol–water partition coefficient (Wildman–Crippen LogP) is 1.37. The van der Waals surface area contributed by atoms with E-state index in [-0.39, 0.29) is 11.8 Å². The Balaban J connectivity index is 1.84. The summed E-state index contributed by atoms with van der Waals surface area (Å²) >= 11 is 0. The van der Waals surface area contributed by atoms with Gasteiger partial charge in [-0.25, -0.2) is 4.79 Å². The maximum Gasteiger partial charge on any atom is 0.331 e. The van der Waals surface area contributed by atoms with Gasteiger partial charge < -0.3 is 10.2 Å². The molecular weight excluding hydrogens is 208 g/mol. The molecule has 0 heterocycles. The normalized spacial score (nSPS) is 44.2. The van der Waals surface area contributed by atoms with Crippen molar-refractivity contribution in [1.29, 1.82) is 0 Å². The third-order valence-corrected chi connectivity index (χ3v) is 4.65. The van der Waals surface area contributed by atoms with E-state index < -0.39 is 11.9 Å². The number of aliphatic carboxylic acids is 2. The van der Waals surface area contributed by atoms with Gasteiger partial charge in [-0.05, 0) is 42.9 Å². The summed E-state index contributed by atoms with van der Waals surface area (Å²) in [5.74, 6) is -0.601. The molecule has 0 aliphatic heterocycles. The lowest BCUT2D eigenvalue weighted by Gasteiger charge is -2.22. The van der Waals surface area contributed by atoms with Gasteiger partial charge in [0.15, 0.2) is 0 Å². The second kappa shape index (κ2) is 3.09. The van der Waals surface area contributed by atoms with Crippen molar-refractivity contribution in [2.45, 2.75) is 19.3 Å². The number of allylic oxidation sites excluding steroid dienone is 1. The van der Waals surface area contributed by atoms with E-state index in [9.17, 15) is 9.59 Å². The fourth-order valence-electron chi connectivity index (χ4n) is 4.04. The highest BCUT2D eigenvalue weighted by atomic mass is 16.4. The molecule has 0 aromatic carbocycles. The van der Waals surface area contributed by atoms with Gasteiger partial charge in [0.2, 0.25) is 0 Å². The zero-order chi connectivity index (χ0) is 11.4. The molecule has 0 saturated heterocycles. The molecule has 4 nitrogen and oxygen atoms in total. The van der Waals surface area contributed by atoms with Crippen LogP contribution < -0.4 is 0 Å². The number of hydrogen-bond acceptors (Lipinski definition) is 2. The summed E-state index contributed by atoms with van der Waals surface area (Å²) in [6, 6.07) is 0. The molecular formula is C12H14O4. The molecule has 0 amide bonds. The lowest BCUT2D eigenvalue weighted by molar-refractivity contribution is -0.141. The molecule has 0 unspecified atom stereocenters. The summed E-state index contributed by atoms with van der Waals surface area (Å²) < 4.78 is 0. The van der Waals surface area contributed by atoms with Crippen LogP contribution in [0.1, 0.15) is 19.3 Å². The highest BCUT2D eigenvalue weighted by Gasteiger charge is 2.54. The van der Waals surface area contributed by atoms with E-state index >= 15 is 0 Å². The maximum atomic E-state index is 11.0. The summed E-state index contributed by atoms with van der Waals surface area (Å²) in [5.41, 5.74) is 0.539. The highest BCUT2D eigenvalue weighted by Crippen LogP contribution is 2.59. The Bertz CT molecular complexity index is 398. The molecule has 0 radical (unpaired) electrons. The van der Waals surface area contributed by atoms with E-state index in [2.05, 4.69) is 0 Å². The fraction of sp³-hybridized carbons (Fsp3) is 0.667. The Morgan fingerprint density at radius 3 is 2.44 bits per heavy atom. The van der Waals surface area contributed by atoms with Crippen molar-refractivity contribution in [3.05, 3.63) is 11.6 Å². The number of carboxylic acids is 2. The van der Waals surface area contributed by atoms with E-state index in [4.69, 9.17) is 10.2 Å². The molecule has 0 aromatic heterocycles. The van der Waals surface area contributed by atoms with Gasteiger partial charge in [0, 0.05) is 5.57 Å². The van der Waals surface area contributed by atoms with Crippen LogP contribution in [-0.2, 0) is 9.59 Å². The molecule has 2 fully saturated rings. The lowest BCUT2D eigenvalue weighted by Crippen LogP contribution is -2.20. The largest absolute Gasteiger partial charge is 0.481 e. The molecule has 3 aliphatic rings. The fourth-order valence-corrected chi connectivity index (χ4v) is 4.04. The van der Waals surface area contributed by atoms with Crippen molar-refractivity contribution >= 4 is 11.9 Å². The van der Waals surface area contributed by atoms with Gasteiger partial charge in [0.1, 0.15) is 0 Å². The molecule has 2 N–H and O–H groups in total. The number of carbonyl (C=O) groups is 2. The number of carboxylic acid groups (broad SMARTS) is 2. The van der Waals surface area contributed by atoms with Crippen LogP contribution in [0.4, 0.5) is 0 Å². The van der Waals surface area contributed by atoms with Gasteiger partial charge in [-0.1, -0.05) is 6.08 Å². The maximum absolute atomic E-state index is 11.0. The number of rotatable bonds is 2. The van der Waals surface area contributed by atoms with Crippen molar-refractivity contribution in [2.75, 3.05) is 0 Å². The topological polar surface area (TPSA) is 74.6 Å². The number of fused-ring (bicyclic) bond motifs is 5.